The van der Waals surface area contributed by atoms with Crippen molar-refractivity contribution < 1.29 is 0 Å². The number of imidazole rings is 1. The Morgan fingerprint density at radius 1 is 1.20 bits per heavy atom. The smallest absolute Gasteiger partial charge is 0.332 e. The highest BCUT2D eigenvalue weighted by atomic mass is 16.2. The van der Waals surface area contributed by atoms with Crippen molar-refractivity contribution in [2.24, 2.45) is 7.05 Å². The third-order valence-corrected chi connectivity index (χ3v) is 3.34. The van der Waals surface area contributed by atoms with Crippen LogP contribution in [-0.2, 0) is 13.6 Å². The zero-order valence-electron chi connectivity index (χ0n) is 11.3. The Bertz CT molecular complexity index is 887. The number of hydrogen-bond acceptors (Lipinski definition) is 3. The molecule has 6 nitrogen and oxygen atoms in total. The lowest BCUT2D eigenvalue weighted by atomic mass is 10.2. The minimum atomic E-state index is -0.351. The van der Waals surface area contributed by atoms with Crippen LogP contribution in [-0.4, -0.2) is 19.1 Å². The number of benzene rings is 1. The second-order valence-corrected chi connectivity index (χ2v) is 4.54. The summed E-state index contributed by atoms with van der Waals surface area (Å²) >= 11 is 0. The maximum absolute atomic E-state index is 12.3. The Kier molecular flexibility index (Phi) is 2.78. The number of aryl methyl sites for hydroxylation is 1. The summed E-state index contributed by atoms with van der Waals surface area (Å²) in [6.45, 7) is 2.10. The van der Waals surface area contributed by atoms with Crippen molar-refractivity contribution in [2.45, 2.75) is 13.5 Å². The normalized spacial score (nSPS) is 11.1. The van der Waals surface area contributed by atoms with Gasteiger partial charge >= 0.3 is 5.69 Å². The summed E-state index contributed by atoms with van der Waals surface area (Å²) in [5.74, 6) is 0.585. The fourth-order valence-corrected chi connectivity index (χ4v) is 2.26. The molecule has 0 fully saturated rings. The topological polar surface area (TPSA) is 72.7 Å². The van der Waals surface area contributed by atoms with Gasteiger partial charge in [0, 0.05) is 19.2 Å². The van der Waals surface area contributed by atoms with Gasteiger partial charge in [0.1, 0.15) is 11.3 Å². The van der Waals surface area contributed by atoms with Gasteiger partial charge in [-0.25, -0.2) is 9.78 Å². The molecule has 102 valence electrons. The zero-order chi connectivity index (χ0) is 14.3. The molecule has 0 atom stereocenters. The van der Waals surface area contributed by atoms with Crippen LogP contribution in [0.4, 0.5) is 0 Å². The van der Waals surface area contributed by atoms with E-state index in [0.717, 1.165) is 5.56 Å². The van der Waals surface area contributed by atoms with E-state index in [1.54, 1.807) is 14.0 Å². The van der Waals surface area contributed by atoms with Gasteiger partial charge in [-0.15, -0.1) is 0 Å². The quantitative estimate of drug-likeness (QED) is 0.758. The number of rotatable bonds is 2. The highest BCUT2D eigenvalue weighted by Crippen LogP contribution is 2.17. The van der Waals surface area contributed by atoms with E-state index < -0.39 is 0 Å². The third-order valence-electron chi connectivity index (χ3n) is 3.34. The second-order valence-electron chi connectivity index (χ2n) is 4.54. The van der Waals surface area contributed by atoms with E-state index in [-0.39, 0.29) is 11.2 Å². The molecular weight excluding hydrogens is 256 g/mol. The molecule has 0 amide bonds. The monoisotopic (exact) mass is 270 g/mol. The number of aromatic amines is 1. The molecule has 0 aliphatic carbocycles. The lowest BCUT2D eigenvalue weighted by Crippen LogP contribution is -2.38. The Labute approximate surface area is 114 Å². The average molecular weight is 270 g/mol. The van der Waals surface area contributed by atoms with Crippen molar-refractivity contribution in [3.05, 3.63) is 51.2 Å². The fourth-order valence-electron chi connectivity index (χ4n) is 2.26. The molecule has 0 bridgehead atoms. The zero-order valence-corrected chi connectivity index (χ0v) is 11.3. The van der Waals surface area contributed by atoms with Gasteiger partial charge in [-0.2, -0.15) is 0 Å². The molecule has 1 aromatic carbocycles. The van der Waals surface area contributed by atoms with Gasteiger partial charge in [0.15, 0.2) is 5.65 Å². The van der Waals surface area contributed by atoms with Crippen molar-refractivity contribution >= 4 is 11.2 Å². The van der Waals surface area contributed by atoms with Gasteiger partial charge in [0.2, 0.25) is 0 Å². The summed E-state index contributed by atoms with van der Waals surface area (Å²) in [6, 6.07) is 9.49. The summed E-state index contributed by atoms with van der Waals surface area (Å²) in [6.07, 6.45) is 0. The first-order valence-electron chi connectivity index (χ1n) is 6.38. The van der Waals surface area contributed by atoms with Crippen LogP contribution in [0.2, 0.25) is 0 Å². The number of H-pyrrole nitrogens is 1. The summed E-state index contributed by atoms with van der Waals surface area (Å²) in [5, 5.41) is 0. The molecule has 0 spiro atoms. The maximum Gasteiger partial charge on any atom is 0.332 e. The first kappa shape index (κ1) is 12.4. The van der Waals surface area contributed by atoms with Gasteiger partial charge in [-0.05, 0) is 6.92 Å². The van der Waals surface area contributed by atoms with E-state index in [4.69, 9.17) is 0 Å². The molecule has 20 heavy (non-hydrogen) atoms. The van der Waals surface area contributed by atoms with Gasteiger partial charge in [-0.3, -0.25) is 13.9 Å². The van der Waals surface area contributed by atoms with Crippen molar-refractivity contribution in [2.75, 3.05) is 0 Å². The molecule has 1 N–H and O–H groups in total. The Morgan fingerprint density at radius 2 is 1.90 bits per heavy atom. The molecular formula is C14H14N4O2. The lowest BCUT2D eigenvalue weighted by molar-refractivity contribution is 0.637. The Morgan fingerprint density at radius 3 is 2.55 bits per heavy atom. The maximum atomic E-state index is 12.3. The lowest BCUT2D eigenvalue weighted by Gasteiger charge is -2.03. The number of hydrogen-bond donors (Lipinski definition) is 1. The van der Waals surface area contributed by atoms with Gasteiger partial charge in [-0.1, -0.05) is 30.3 Å². The molecule has 6 heteroatoms. The SMILES string of the molecule is CCn1c(=O)c2[nH]c(-c3ccccc3)nc2n(C)c1=O. The van der Waals surface area contributed by atoms with Crippen molar-refractivity contribution in [1.29, 1.82) is 0 Å². The van der Waals surface area contributed by atoms with Crippen LogP contribution in [0, 0.1) is 0 Å². The molecule has 0 radical (unpaired) electrons. The summed E-state index contributed by atoms with van der Waals surface area (Å²) in [5.41, 5.74) is 0.923. The van der Waals surface area contributed by atoms with Crippen LogP contribution in [0.5, 0.6) is 0 Å². The van der Waals surface area contributed by atoms with Crippen LogP contribution >= 0.6 is 0 Å². The fraction of sp³-hybridized carbons (Fsp3) is 0.214. The number of aromatic nitrogens is 4. The van der Waals surface area contributed by atoms with Crippen molar-refractivity contribution in [1.82, 2.24) is 19.1 Å². The van der Waals surface area contributed by atoms with E-state index in [1.165, 1.54) is 9.13 Å². The highest BCUT2D eigenvalue weighted by molar-refractivity contribution is 5.75. The number of fused-ring (bicyclic) bond motifs is 1. The van der Waals surface area contributed by atoms with Crippen LogP contribution in [0.25, 0.3) is 22.6 Å². The summed E-state index contributed by atoms with van der Waals surface area (Å²) in [4.78, 5) is 31.7. The average Bonchev–Trinajstić information content (AvgIpc) is 2.92. The standard InChI is InChI=1S/C14H14N4O2/c1-3-18-13(19)10-12(17(2)14(18)20)16-11(15-10)9-7-5-4-6-8-9/h4-8H,3H2,1-2H3,(H,15,16). The molecule has 2 heterocycles. The predicted molar refractivity (Wildman–Crippen MR) is 76.7 cm³/mol. The minimum Gasteiger partial charge on any atom is -0.332 e. The van der Waals surface area contributed by atoms with Gasteiger partial charge in [0.25, 0.3) is 5.56 Å². The van der Waals surface area contributed by atoms with E-state index >= 15 is 0 Å². The van der Waals surface area contributed by atoms with Crippen molar-refractivity contribution in [3.63, 3.8) is 0 Å². The summed E-state index contributed by atoms with van der Waals surface area (Å²) in [7, 11) is 1.62. The van der Waals surface area contributed by atoms with Crippen LogP contribution in [0.1, 0.15) is 6.92 Å². The van der Waals surface area contributed by atoms with E-state index in [9.17, 15) is 9.59 Å². The molecule has 0 unspecified atom stereocenters. The van der Waals surface area contributed by atoms with Gasteiger partial charge in [0.05, 0.1) is 0 Å². The molecule has 0 saturated carbocycles. The van der Waals surface area contributed by atoms with Crippen LogP contribution in [0.15, 0.2) is 39.9 Å². The second kappa shape index (κ2) is 4.48. The molecule has 3 rings (SSSR count). The first-order chi connectivity index (χ1) is 9.63. The number of nitrogens with one attached hydrogen (secondary N) is 1. The Balaban J connectivity index is 2.38. The van der Waals surface area contributed by atoms with Gasteiger partial charge < -0.3 is 4.98 Å². The Hall–Kier alpha value is -2.63. The molecule has 0 aliphatic rings. The van der Waals surface area contributed by atoms with Crippen molar-refractivity contribution in [3.8, 4) is 11.4 Å². The molecule has 3 aromatic rings. The largest absolute Gasteiger partial charge is 0.332 e. The van der Waals surface area contributed by atoms with Crippen LogP contribution in [0.3, 0.4) is 0 Å². The first-order valence-corrected chi connectivity index (χ1v) is 6.38. The summed E-state index contributed by atoms with van der Waals surface area (Å²) < 4.78 is 2.58. The molecule has 0 saturated heterocycles. The molecule has 2 aromatic heterocycles. The third kappa shape index (κ3) is 1.69. The van der Waals surface area contributed by atoms with Crippen LogP contribution < -0.4 is 11.2 Å². The van der Waals surface area contributed by atoms with E-state index in [1.807, 2.05) is 30.3 Å². The van der Waals surface area contributed by atoms with E-state index in [0.29, 0.717) is 23.5 Å². The van der Waals surface area contributed by atoms with E-state index in [2.05, 4.69) is 9.97 Å². The highest BCUT2D eigenvalue weighted by Gasteiger charge is 2.14. The molecule has 0 aliphatic heterocycles. The number of nitrogens with zero attached hydrogens (tertiary/aromatic N) is 3. The predicted octanol–water partition coefficient (Wildman–Crippen LogP) is 1.11. The minimum absolute atomic E-state index is 0.333.